The molecule has 2 bridgehead atoms. The normalized spacial score (nSPS) is 33.5. The predicted molar refractivity (Wildman–Crippen MR) is 112 cm³/mol. The van der Waals surface area contributed by atoms with Crippen molar-refractivity contribution in [3.8, 4) is 0 Å². The van der Waals surface area contributed by atoms with Gasteiger partial charge >= 0.3 is 5.97 Å². The van der Waals surface area contributed by atoms with Gasteiger partial charge in [0.15, 0.2) is 0 Å². The maximum atomic E-state index is 13.5. The number of anilines is 1. The number of fused-ring (bicyclic) bond motifs is 1. The molecule has 2 unspecified atom stereocenters. The third-order valence-corrected chi connectivity index (χ3v) is 7.27. The number of esters is 1. The number of ether oxygens (including phenoxy) is 2. The largest absolute Gasteiger partial charge is 0.466 e. The standard InChI is InChI=1S/C22H27ClN2O6/c1-3-21-9-10-22(31-21)15(16(21)20(29)30-4-2)19(28)25(11-12-26)17(22)18(27)24-14-8-6-5-7-13(14)23/h5-8,15-17,26H,3-4,9-12H2,1-2H3,(H,24,27)/t15-,16-,17?,21+,22?/m0/s1. The first-order valence-corrected chi connectivity index (χ1v) is 11.1. The third-order valence-electron chi connectivity index (χ3n) is 6.94. The van der Waals surface area contributed by atoms with Crippen LogP contribution in [0.2, 0.25) is 5.02 Å². The van der Waals surface area contributed by atoms with Crippen molar-refractivity contribution in [3.63, 3.8) is 0 Å². The predicted octanol–water partition coefficient (Wildman–Crippen LogP) is 1.99. The van der Waals surface area contributed by atoms with Crippen LogP contribution in [0.15, 0.2) is 24.3 Å². The number of amides is 2. The minimum Gasteiger partial charge on any atom is -0.466 e. The number of hydrogen-bond acceptors (Lipinski definition) is 6. The van der Waals surface area contributed by atoms with Crippen LogP contribution >= 0.6 is 11.6 Å². The highest BCUT2D eigenvalue weighted by Crippen LogP contribution is 2.64. The number of rotatable bonds is 7. The maximum absolute atomic E-state index is 13.5. The van der Waals surface area contributed by atoms with Gasteiger partial charge in [-0.25, -0.2) is 0 Å². The Bertz CT molecular complexity index is 910. The van der Waals surface area contributed by atoms with Gasteiger partial charge in [0, 0.05) is 6.54 Å². The molecule has 31 heavy (non-hydrogen) atoms. The van der Waals surface area contributed by atoms with Gasteiger partial charge in [0.2, 0.25) is 11.8 Å². The number of carbonyl (C=O) groups excluding carboxylic acids is 3. The number of para-hydroxylation sites is 1. The molecule has 0 radical (unpaired) electrons. The number of aliphatic hydroxyl groups is 1. The SMILES string of the molecule is CCOC(=O)[C@@H]1[C@H]2C(=O)N(CCO)C(C(=O)Nc3ccccc3Cl)C23CC[C@@]1(CC)O3. The van der Waals surface area contributed by atoms with E-state index in [9.17, 15) is 19.5 Å². The molecule has 0 saturated carbocycles. The van der Waals surface area contributed by atoms with E-state index in [2.05, 4.69) is 5.32 Å². The van der Waals surface area contributed by atoms with E-state index < -0.39 is 41.0 Å². The molecule has 3 aliphatic heterocycles. The molecule has 2 amide bonds. The molecule has 8 nitrogen and oxygen atoms in total. The van der Waals surface area contributed by atoms with Crippen LogP contribution in [0, 0.1) is 11.8 Å². The fraction of sp³-hybridized carbons (Fsp3) is 0.591. The van der Waals surface area contributed by atoms with E-state index in [-0.39, 0.29) is 25.7 Å². The zero-order valence-corrected chi connectivity index (χ0v) is 18.4. The Kier molecular flexibility index (Phi) is 5.74. The quantitative estimate of drug-likeness (QED) is 0.615. The molecule has 1 aromatic rings. The Hall–Kier alpha value is -2.16. The summed E-state index contributed by atoms with van der Waals surface area (Å²) in [5.41, 5.74) is -1.56. The first-order chi connectivity index (χ1) is 14.8. The number of β-amino-alcohol motifs (C(OH)–C–C–N with tert-alkyl or cyclic N) is 1. The lowest BCUT2D eigenvalue weighted by atomic mass is 9.65. The Labute approximate surface area is 185 Å². The first-order valence-electron chi connectivity index (χ1n) is 10.7. The van der Waals surface area contributed by atoms with Crippen molar-refractivity contribution >= 4 is 35.1 Å². The molecule has 1 aromatic carbocycles. The van der Waals surface area contributed by atoms with Gasteiger partial charge < -0.3 is 24.8 Å². The molecule has 1 spiro atoms. The molecule has 0 aromatic heterocycles. The van der Waals surface area contributed by atoms with Gasteiger partial charge in [-0.3, -0.25) is 14.4 Å². The van der Waals surface area contributed by atoms with Crippen LogP contribution in [0.4, 0.5) is 5.69 Å². The second-order valence-corrected chi connectivity index (χ2v) is 8.72. The molecule has 0 aliphatic carbocycles. The van der Waals surface area contributed by atoms with Gasteiger partial charge in [-0.2, -0.15) is 0 Å². The lowest BCUT2D eigenvalue weighted by Gasteiger charge is -2.33. The van der Waals surface area contributed by atoms with Crippen molar-refractivity contribution in [2.75, 3.05) is 25.1 Å². The van der Waals surface area contributed by atoms with Crippen LogP contribution in [0.25, 0.3) is 0 Å². The van der Waals surface area contributed by atoms with Gasteiger partial charge in [0.05, 0.1) is 35.4 Å². The molecular weight excluding hydrogens is 424 g/mol. The summed E-state index contributed by atoms with van der Waals surface area (Å²) in [6.45, 7) is 3.48. The summed E-state index contributed by atoms with van der Waals surface area (Å²) < 4.78 is 11.8. The summed E-state index contributed by atoms with van der Waals surface area (Å²) in [5, 5.41) is 12.8. The smallest absolute Gasteiger partial charge is 0.312 e. The van der Waals surface area contributed by atoms with Crippen molar-refractivity contribution < 1.29 is 29.0 Å². The summed E-state index contributed by atoms with van der Waals surface area (Å²) in [7, 11) is 0. The van der Waals surface area contributed by atoms with E-state index in [1.165, 1.54) is 4.90 Å². The third kappa shape index (κ3) is 3.15. The second-order valence-electron chi connectivity index (χ2n) is 8.31. The van der Waals surface area contributed by atoms with Gasteiger partial charge in [-0.15, -0.1) is 0 Å². The average molecular weight is 451 g/mol. The fourth-order valence-corrected chi connectivity index (χ4v) is 5.90. The first kappa shape index (κ1) is 22.0. The molecule has 9 heteroatoms. The zero-order valence-electron chi connectivity index (χ0n) is 17.6. The summed E-state index contributed by atoms with van der Waals surface area (Å²) in [5.74, 6) is -2.89. The van der Waals surface area contributed by atoms with Crippen LogP contribution in [0.1, 0.15) is 33.1 Å². The van der Waals surface area contributed by atoms with Crippen molar-refractivity contribution in [2.45, 2.75) is 50.4 Å². The van der Waals surface area contributed by atoms with E-state index >= 15 is 0 Å². The van der Waals surface area contributed by atoms with E-state index in [0.29, 0.717) is 30.0 Å². The molecule has 2 N–H and O–H groups in total. The monoisotopic (exact) mass is 450 g/mol. The number of nitrogens with zero attached hydrogens (tertiary/aromatic N) is 1. The highest BCUT2D eigenvalue weighted by molar-refractivity contribution is 6.33. The van der Waals surface area contributed by atoms with Crippen molar-refractivity contribution in [1.29, 1.82) is 0 Å². The summed E-state index contributed by atoms with van der Waals surface area (Å²) >= 11 is 6.21. The number of benzene rings is 1. The van der Waals surface area contributed by atoms with E-state index in [1.807, 2.05) is 6.92 Å². The minimum absolute atomic E-state index is 0.0320. The van der Waals surface area contributed by atoms with Crippen LogP contribution in [-0.4, -0.2) is 64.8 Å². The average Bonchev–Trinajstić information content (AvgIpc) is 3.34. The molecule has 5 atom stereocenters. The second kappa shape index (κ2) is 8.07. The number of halogens is 1. The van der Waals surface area contributed by atoms with Crippen LogP contribution in [-0.2, 0) is 23.9 Å². The molecule has 3 fully saturated rings. The van der Waals surface area contributed by atoms with Gasteiger partial charge in [-0.05, 0) is 38.3 Å². The van der Waals surface area contributed by atoms with Gasteiger partial charge in [0.1, 0.15) is 17.6 Å². The lowest BCUT2D eigenvalue weighted by Crippen LogP contribution is -2.53. The number of aliphatic hydroxyl groups excluding tert-OH is 1. The number of carbonyl (C=O) groups is 3. The Morgan fingerprint density at radius 2 is 2.06 bits per heavy atom. The molecule has 3 aliphatic rings. The lowest BCUT2D eigenvalue weighted by molar-refractivity contribution is -0.160. The molecule has 3 heterocycles. The number of nitrogens with one attached hydrogen (secondary N) is 1. The zero-order chi connectivity index (χ0) is 22.4. The van der Waals surface area contributed by atoms with Crippen LogP contribution in [0.5, 0.6) is 0 Å². The Morgan fingerprint density at radius 1 is 1.32 bits per heavy atom. The topological polar surface area (TPSA) is 105 Å². The fourth-order valence-electron chi connectivity index (χ4n) is 5.72. The molecule has 3 saturated heterocycles. The minimum atomic E-state index is -1.15. The summed E-state index contributed by atoms with van der Waals surface area (Å²) in [6, 6.07) is 5.84. The maximum Gasteiger partial charge on any atom is 0.312 e. The number of likely N-dealkylation sites (tertiary alicyclic amines) is 1. The van der Waals surface area contributed by atoms with E-state index in [0.717, 1.165) is 0 Å². The number of hydrogen-bond donors (Lipinski definition) is 2. The summed E-state index contributed by atoms with van der Waals surface area (Å²) in [6.07, 6.45) is 1.55. The summed E-state index contributed by atoms with van der Waals surface area (Å²) in [4.78, 5) is 41.2. The van der Waals surface area contributed by atoms with Crippen LogP contribution in [0.3, 0.4) is 0 Å². The van der Waals surface area contributed by atoms with Crippen LogP contribution < -0.4 is 5.32 Å². The highest BCUT2D eigenvalue weighted by Gasteiger charge is 2.78. The van der Waals surface area contributed by atoms with Crippen molar-refractivity contribution in [2.24, 2.45) is 11.8 Å². The van der Waals surface area contributed by atoms with Crippen molar-refractivity contribution in [1.82, 2.24) is 4.90 Å². The Balaban J connectivity index is 1.75. The molecule has 4 rings (SSSR count). The molecule has 168 valence electrons. The molecular formula is C22H27ClN2O6. The highest BCUT2D eigenvalue weighted by atomic mass is 35.5. The van der Waals surface area contributed by atoms with Gasteiger partial charge in [0.25, 0.3) is 0 Å². The van der Waals surface area contributed by atoms with E-state index in [4.69, 9.17) is 21.1 Å². The van der Waals surface area contributed by atoms with E-state index in [1.54, 1.807) is 31.2 Å². The van der Waals surface area contributed by atoms with Crippen molar-refractivity contribution in [3.05, 3.63) is 29.3 Å². The Morgan fingerprint density at radius 3 is 2.71 bits per heavy atom. The van der Waals surface area contributed by atoms with Gasteiger partial charge in [-0.1, -0.05) is 30.7 Å².